The van der Waals surface area contributed by atoms with Crippen molar-refractivity contribution in [2.24, 2.45) is 0 Å². The van der Waals surface area contributed by atoms with E-state index in [9.17, 15) is 4.79 Å². The molecule has 0 fully saturated rings. The molecule has 5 heteroatoms. The van der Waals surface area contributed by atoms with Gasteiger partial charge in [-0.2, -0.15) is 0 Å². The second kappa shape index (κ2) is 6.65. The fourth-order valence-corrected chi connectivity index (χ4v) is 1.22. The summed E-state index contributed by atoms with van der Waals surface area (Å²) < 4.78 is 9.75. The summed E-state index contributed by atoms with van der Waals surface area (Å²) >= 11 is 0. The van der Waals surface area contributed by atoms with Crippen LogP contribution in [0.3, 0.4) is 0 Å². The van der Waals surface area contributed by atoms with Gasteiger partial charge in [0, 0.05) is 11.6 Å². The molecule has 1 N–H and O–H groups in total. The summed E-state index contributed by atoms with van der Waals surface area (Å²) in [6.45, 7) is 1.93. The fourth-order valence-electron chi connectivity index (χ4n) is 1.22. The number of aromatic nitrogens is 1. The highest BCUT2D eigenvalue weighted by atomic mass is 16.5. The molecule has 0 radical (unpaired) electrons. The van der Waals surface area contributed by atoms with Gasteiger partial charge < -0.3 is 14.6 Å². The van der Waals surface area contributed by atoms with E-state index in [1.54, 1.807) is 19.1 Å². The van der Waals surface area contributed by atoms with Crippen LogP contribution in [0, 0.1) is 0 Å². The Morgan fingerprint density at radius 3 is 2.88 bits per heavy atom. The summed E-state index contributed by atoms with van der Waals surface area (Å²) in [4.78, 5) is 15.2. The van der Waals surface area contributed by atoms with Crippen LogP contribution in [-0.4, -0.2) is 29.8 Å². The van der Waals surface area contributed by atoms with E-state index in [0.29, 0.717) is 23.7 Å². The van der Waals surface area contributed by atoms with E-state index in [1.165, 1.54) is 19.3 Å². The molecule has 0 bridgehead atoms. The van der Waals surface area contributed by atoms with Crippen molar-refractivity contribution in [3.8, 4) is 5.88 Å². The van der Waals surface area contributed by atoms with Gasteiger partial charge in [0.15, 0.2) is 0 Å². The largest absolute Gasteiger partial charge is 0.481 e. The second-order valence-electron chi connectivity index (χ2n) is 3.15. The predicted molar refractivity (Wildman–Crippen MR) is 62.4 cm³/mol. The molecule has 0 aliphatic rings. The maximum absolute atomic E-state index is 11.1. The first-order valence-electron chi connectivity index (χ1n) is 5.20. The SMILES string of the molecule is CCOC(=O)/C=C/c1ccc(CO)c(OC)n1. The van der Waals surface area contributed by atoms with Gasteiger partial charge in [0.1, 0.15) is 0 Å². The van der Waals surface area contributed by atoms with Gasteiger partial charge >= 0.3 is 5.97 Å². The van der Waals surface area contributed by atoms with Gasteiger partial charge in [-0.15, -0.1) is 0 Å². The Kier molecular flexibility index (Phi) is 5.16. The molecular weight excluding hydrogens is 222 g/mol. The highest BCUT2D eigenvalue weighted by Crippen LogP contribution is 2.16. The highest BCUT2D eigenvalue weighted by molar-refractivity contribution is 5.86. The summed E-state index contributed by atoms with van der Waals surface area (Å²) in [7, 11) is 1.47. The molecule has 0 aliphatic heterocycles. The van der Waals surface area contributed by atoms with Crippen molar-refractivity contribution in [3.63, 3.8) is 0 Å². The van der Waals surface area contributed by atoms with E-state index in [-0.39, 0.29) is 6.61 Å². The summed E-state index contributed by atoms with van der Waals surface area (Å²) in [6, 6.07) is 3.38. The molecule has 1 aromatic rings. The van der Waals surface area contributed by atoms with E-state index < -0.39 is 5.97 Å². The number of methoxy groups -OCH3 is 1. The maximum atomic E-state index is 11.1. The number of aliphatic hydroxyl groups is 1. The third kappa shape index (κ3) is 3.88. The molecule has 0 aliphatic carbocycles. The molecule has 0 saturated carbocycles. The third-order valence-electron chi connectivity index (χ3n) is 2.00. The van der Waals surface area contributed by atoms with Crippen molar-refractivity contribution < 1.29 is 19.4 Å². The quantitative estimate of drug-likeness (QED) is 0.614. The fraction of sp³-hybridized carbons (Fsp3) is 0.333. The molecule has 17 heavy (non-hydrogen) atoms. The normalized spacial score (nSPS) is 10.5. The maximum Gasteiger partial charge on any atom is 0.330 e. The lowest BCUT2D eigenvalue weighted by molar-refractivity contribution is -0.137. The van der Waals surface area contributed by atoms with Crippen LogP contribution >= 0.6 is 0 Å². The van der Waals surface area contributed by atoms with Gasteiger partial charge in [-0.05, 0) is 25.1 Å². The number of ether oxygens (including phenoxy) is 2. The van der Waals surface area contributed by atoms with Crippen molar-refractivity contribution in [1.82, 2.24) is 4.98 Å². The molecule has 0 saturated heterocycles. The number of esters is 1. The topological polar surface area (TPSA) is 68.7 Å². The van der Waals surface area contributed by atoms with Crippen LogP contribution in [0.5, 0.6) is 5.88 Å². The number of aliphatic hydroxyl groups excluding tert-OH is 1. The number of pyridine rings is 1. The first kappa shape index (κ1) is 13.2. The van der Waals surface area contributed by atoms with E-state index >= 15 is 0 Å². The number of carbonyl (C=O) groups excluding carboxylic acids is 1. The average Bonchev–Trinajstić information content (AvgIpc) is 2.36. The second-order valence-corrected chi connectivity index (χ2v) is 3.15. The van der Waals surface area contributed by atoms with Gasteiger partial charge in [0.2, 0.25) is 5.88 Å². The number of carbonyl (C=O) groups is 1. The van der Waals surface area contributed by atoms with Gasteiger partial charge in [0.05, 0.1) is 26.0 Å². The molecule has 0 spiro atoms. The van der Waals surface area contributed by atoms with Crippen LogP contribution in [0.2, 0.25) is 0 Å². The highest BCUT2D eigenvalue weighted by Gasteiger charge is 2.04. The Hall–Kier alpha value is -1.88. The number of rotatable bonds is 5. The minimum Gasteiger partial charge on any atom is -0.481 e. The predicted octanol–water partition coefficient (Wildman–Crippen LogP) is 1.16. The molecule has 0 atom stereocenters. The Bertz CT molecular complexity index is 415. The van der Waals surface area contributed by atoms with E-state index in [0.717, 1.165) is 0 Å². The minimum atomic E-state index is -0.417. The summed E-state index contributed by atoms with van der Waals surface area (Å²) in [5.74, 6) is -0.0713. The Balaban J connectivity index is 2.82. The van der Waals surface area contributed by atoms with Crippen molar-refractivity contribution in [2.45, 2.75) is 13.5 Å². The summed E-state index contributed by atoms with van der Waals surface area (Å²) in [5.41, 5.74) is 1.16. The number of hydrogen-bond acceptors (Lipinski definition) is 5. The molecule has 1 heterocycles. The monoisotopic (exact) mass is 237 g/mol. The van der Waals surface area contributed by atoms with Gasteiger partial charge in [-0.1, -0.05) is 0 Å². The summed E-state index contributed by atoms with van der Waals surface area (Å²) in [5, 5.41) is 9.02. The zero-order valence-electron chi connectivity index (χ0n) is 9.84. The molecule has 1 rings (SSSR count). The molecule has 0 unspecified atom stereocenters. The van der Waals surface area contributed by atoms with Crippen LogP contribution in [-0.2, 0) is 16.1 Å². The Morgan fingerprint density at radius 1 is 1.53 bits per heavy atom. The van der Waals surface area contributed by atoms with Gasteiger partial charge in [-0.25, -0.2) is 9.78 Å². The smallest absolute Gasteiger partial charge is 0.330 e. The van der Waals surface area contributed by atoms with Crippen molar-refractivity contribution in [3.05, 3.63) is 29.5 Å². The zero-order chi connectivity index (χ0) is 12.7. The molecule has 0 aromatic carbocycles. The minimum absolute atomic E-state index is 0.141. The van der Waals surface area contributed by atoms with Crippen LogP contribution in [0.1, 0.15) is 18.2 Å². The van der Waals surface area contributed by atoms with Crippen molar-refractivity contribution >= 4 is 12.0 Å². The molecular formula is C12H15NO4. The number of hydrogen-bond donors (Lipinski definition) is 1. The van der Waals surface area contributed by atoms with E-state index in [1.807, 2.05) is 0 Å². The van der Waals surface area contributed by atoms with Crippen molar-refractivity contribution in [1.29, 1.82) is 0 Å². The van der Waals surface area contributed by atoms with Crippen molar-refractivity contribution in [2.75, 3.05) is 13.7 Å². The zero-order valence-corrected chi connectivity index (χ0v) is 9.84. The average molecular weight is 237 g/mol. The first-order valence-corrected chi connectivity index (χ1v) is 5.20. The van der Waals surface area contributed by atoms with Gasteiger partial charge in [-0.3, -0.25) is 0 Å². The Labute approximate surface area is 99.7 Å². The van der Waals surface area contributed by atoms with Crippen LogP contribution in [0.4, 0.5) is 0 Å². The third-order valence-corrected chi connectivity index (χ3v) is 2.00. The molecule has 1 aromatic heterocycles. The molecule has 0 amide bonds. The first-order chi connectivity index (χ1) is 8.21. The Morgan fingerprint density at radius 2 is 2.29 bits per heavy atom. The molecule has 92 valence electrons. The lowest BCUT2D eigenvalue weighted by atomic mass is 10.2. The van der Waals surface area contributed by atoms with Gasteiger partial charge in [0.25, 0.3) is 0 Å². The molecule has 5 nitrogen and oxygen atoms in total. The van der Waals surface area contributed by atoms with Crippen LogP contribution in [0.15, 0.2) is 18.2 Å². The van der Waals surface area contributed by atoms with Crippen LogP contribution in [0.25, 0.3) is 6.08 Å². The van der Waals surface area contributed by atoms with E-state index in [2.05, 4.69) is 4.98 Å². The standard InChI is InChI=1S/C12H15NO4/c1-3-17-11(15)7-6-10-5-4-9(8-14)12(13-10)16-2/h4-7,14H,3,8H2,1-2H3/b7-6+. The summed E-state index contributed by atoms with van der Waals surface area (Å²) in [6.07, 6.45) is 2.82. The van der Waals surface area contributed by atoms with Crippen LogP contribution < -0.4 is 4.74 Å². The lowest BCUT2D eigenvalue weighted by Crippen LogP contribution is -1.99. The number of nitrogens with zero attached hydrogens (tertiary/aromatic N) is 1. The van der Waals surface area contributed by atoms with E-state index in [4.69, 9.17) is 14.6 Å². The lowest BCUT2D eigenvalue weighted by Gasteiger charge is -2.05.